The van der Waals surface area contributed by atoms with E-state index in [-0.39, 0.29) is 26.5 Å². The van der Waals surface area contributed by atoms with Gasteiger partial charge < -0.3 is 9.84 Å². The number of halogens is 2. The van der Waals surface area contributed by atoms with Gasteiger partial charge in [-0.25, -0.2) is 8.42 Å². The normalized spacial score (nSPS) is 11.3. The Morgan fingerprint density at radius 3 is 2.63 bits per heavy atom. The number of hydrogen-bond acceptors (Lipinski definition) is 6. The molecule has 0 atom stereocenters. The van der Waals surface area contributed by atoms with Crippen molar-refractivity contribution in [3.8, 4) is 0 Å². The lowest BCUT2D eigenvalue weighted by Crippen LogP contribution is -2.25. The smallest absolute Gasteiger partial charge is 0.261 e. The number of nitrogens with zero attached hydrogens (tertiary/aromatic N) is 2. The standard InChI is InChI=1S/C19H18Cl2N4O4S/c1-12-23-18(29-24-12)6-3-9-22-19(26)13-4-2-5-14(10-13)25-30(27,28)15-7-8-16(20)17(21)11-15/h2,4-5,7-8,10-11,25H,3,6,9H2,1H3,(H,22,26). The van der Waals surface area contributed by atoms with Gasteiger partial charge in [0, 0.05) is 24.2 Å². The number of aryl methyl sites for hydroxylation is 2. The van der Waals surface area contributed by atoms with Crippen molar-refractivity contribution in [1.29, 1.82) is 0 Å². The molecule has 0 unspecified atom stereocenters. The predicted octanol–water partition coefficient (Wildman–Crippen LogP) is 3.85. The average Bonchev–Trinajstić information content (AvgIpc) is 3.12. The van der Waals surface area contributed by atoms with Crippen LogP contribution in [-0.2, 0) is 16.4 Å². The monoisotopic (exact) mass is 468 g/mol. The molecule has 0 spiro atoms. The van der Waals surface area contributed by atoms with Crippen molar-refractivity contribution < 1.29 is 17.7 Å². The van der Waals surface area contributed by atoms with Crippen LogP contribution >= 0.6 is 23.2 Å². The molecule has 0 aliphatic rings. The van der Waals surface area contributed by atoms with Crippen molar-refractivity contribution in [3.05, 3.63) is 69.8 Å². The molecule has 11 heteroatoms. The van der Waals surface area contributed by atoms with E-state index in [9.17, 15) is 13.2 Å². The van der Waals surface area contributed by atoms with Gasteiger partial charge in [-0.05, 0) is 49.7 Å². The molecule has 0 aliphatic carbocycles. The van der Waals surface area contributed by atoms with Crippen LogP contribution in [0.15, 0.2) is 51.9 Å². The number of nitrogens with one attached hydrogen (secondary N) is 2. The van der Waals surface area contributed by atoms with E-state index in [1.54, 1.807) is 25.1 Å². The summed E-state index contributed by atoms with van der Waals surface area (Å²) >= 11 is 11.7. The largest absolute Gasteiger partial charge is 0.352 e. The van der Waals surface area contributed by atoms with Crippen LogP contribution in [0.2, 0.25) is 10.0 Å². The van der Waals surface area contributed by atoms with Crippen molar-refractivity contribution in [3.63, 3.8) is 0 Å². The molecule has 3 aromatic rings. The predicted molar refractivity (Wildman–Crippen MR) is 113 cm³/mol. The fourth-order valence-corrected chi connectivity index (χ4v) is 4.01. The van der Waals surface area contributed by atoms with Gasteiger partial charge in [0.1, 0.15) is 0 Å². The Bertz CT molecular complexity index is 1160. The van der Waals surface area contributed by atoms with Gasteiger partial charge in [-0.15, -0.1) is 0 Å². The molecule has 3 rings (SSSR count). The Morgan fingerprint density at radius 1 is 1.13 bits per heavy atom. The summed E-state index contributed by atoms with van der Waals surface area (Å²) in [6.45, 7) is 2.14. The van der Waals surface area contributed by atoms with Gasteiger partial charge in [0.2, 0.25) is 5.89 Å². The van der Waals surface area contributed by atoms with E-state index >= 15 is 0 Å². The Labute approximate surface area is 183 Å². The average molecular weight is 469 g/mol. The summed E-state index contributed by atoms with van der Waals surface area (Å²) in [5.74, 6) is 0.752. The maximum Gasteiger partial charge on any atom is 0.261 e. The molecule has 0 aliphatic heterocycles. The highest BCUT2D eigenvalue weighted by Crippen LogP contribution is 2.26. The van der Waals surface area contributed by atoms with E-state index in [4.69, 9.17) is 27.7 Å². The van der Waals surface area contributed by atoms with Gasteiger partial charge in [-0.1, -0.05) is 34.4 Å². The van der Waals surface area contributed by atoms with E-state index in [1.807, 2.05) is 0 Å². The number of amides is 1. The van der Waals surface area contributed by atoms with Gasteiger partial charge in [0.15, 0.2) is 5.82 Å². The number of sulfonamides is 1. The molecule has 1 aromatic heterocycles. The number of benzene rings is 2. The van der Waals surface area contributed by atoms with Crippen LogP contribution in [0.25, 0.3) is 0 Å². The molecule has 2 N–H and O–H groups in total. The molecule has 0 radical (unpaired) electrons. The highest BCUT2D eigenvalue weighted by Gasteiger charge is 2.16. The fourth-order valence-electron chi connectivity index (χ4n) is 2.57. The summed E-state index contributed by atoms with van der Waals surface area (Å²) in [5, 5.41) is 6.86. The molecule has 1 heterocycles. The molecule has 0 saturated heterocycles. The summed E-state index contributed by atoms with van der Waals surface area (Å²) < 4.78 is 32.6. The van der Waals surface area contributed by atoms with Gasteiger partial charge in [0.05, 0.1) is 14.9 Å². The minimum atomic E-state index is -3.89. The van der Waals surface area contributed by atoms with E-state index in [0.29, 0.717) is 36.7 Å². The third-order valence-corrected chi connectivity index (χ3v) is 6.12. The van der Waals surface area contributed by atoms with Crippen LogP contribution in [0.1, 0.15) is 28.5 Å². The lowest BCUT2D eigenvalue weighted by atomic mass is 10.2. The summed E-state index contributed by atoms with van der Waals surface area (Å²) in [6, 6.07) is 10.2. The van der Waals surface area contributed by atoms with Crippen LogP contribution in [0.3, 0.4) is 0 Å². The Balaban J connectivity index is 1.60. The molecule has 0 saturated carbocycles. The maximum atomic E-state index is 12.6. The number of aromatic nitrogens is 2. The number of carbonyl (C=O) groups is 1. The Kier molecular flexibility index (Phi) is 6.96. The fraction of sp³-hybridized carbons (Fsp3) is 0.211. The van der Waals surface area contributed by atoms with Crippen LogP contribution in [0.4, 0.5) is 5.69 Å². The summed E-state index contributed by atoms with van der Waals surface area (Å²) in [4.78, 5) is 16.4. The first-order chi connectivity index (χ1) is 14.2. The lowest BCUT2D eigenvalue weighted by molar-refractivity contribution is 0.0953. The maximum absolute atomic E-state index is 12.6. The number of hydrogen-bond donors (Lipinski definition) is 2. The minimum Gasteiger partial charge on any atom is -0.352 e. The highest BCUT2D eigenvalue weighted by molar-refractivity contribution is 7.92. The zero-order valence-electron chi connectivity index (χ0n) is 15.9. The van der Waals surface area contributed by atoms with E-state index < -0.39 is 10.0 Å². The highest BCUT2D eigenvalue weighted by atomic mass is 35.5. The zero-order chi connectivity index (χ0) is 21.7. The van der Waals surface area contributed by atoms with Crippen LogP contribution < -0.4 is 10.0 Å². The Morgan fingerprint density at radius 2 is 1.93 bits per heavy atom. The molecule has 158 valence electrons. The van der Waals surface area contributed by atoms with Gasteiger partial charge in [-0.3, -0.25) is 9.52 Å². The lowest BCUT2D eigenvalue weighted by Gasteiger charge is -2.10. The van der Waals surface area contributed by atoms with E-state index in [0.717, 1.165) is 0 Å². The molecule has 0 fully saturated rings. The van der Waals surface area contributed by atoms with Crippen LogP contribution in [-0.4, -0.2) is 31.0 Å². The van der Waals surface area contributed by atoms with Crippen molar-refractivity contribution in [1.82, 2.24) is 15.5 Å². The molecule has 0 bridgehead atoms. The topological polar surface area (TPSA) is 114 Å². The zero-order valence-corrected chi connectivity index (χ0v) is 18.2. The second kappa shape index (κ2) is 9.46. The molecular weight excluding hydrogens is 451 g/mol. The van der Waals surface area contributed by atoms with Crippen molar-refractivity contribution in [2.24, 2.45) is 0 Å². The van der Waals surface area contributed by atoms with Crippen LogP contribution in [0, 0.1) is 6.92 Å². The summed E-state index contributed by atoms with van der Waals surface area (Å²) in [7, 11) is -3.89. The molecule has 1 amide bonds. The van der Waals surface area contributed by atoms with E-state index in [1.165, 1.54) is 24.3 Å². The van der Waals surface area contributed by atoms with Gasteiger partial charge in [-0.2, -0.15) is 4.98 Å². The van der Waals surface area contributed by atoms with Gasteiger partial charge >= 0.3 is 0 Å². The second-order valence-corrected chi connectivity index (χ2v) is 8.85. The minimum absolute atomic E-state index is 0.0389. The quantitative estimate of drug-likeness (QED) is 0.485. The van der Waals surface area contributed by atoms with E-state index in [2.05, 4.69) is 20.2 Å². The number of rotatable bonds is 8. The third-order valence-electron chi connectivity index (χ3n) is 4.00. The molecule has 30 heavy (non-hydrogen) atoms. The molecular formula is C19H18Cl2N4O4S. The summed E-state index contributed by atoms with van der Waals surface area (Å²) in [6.07, 6.45) is 1.17. The van der Waals surface area contributed by atoms with Crippen molar-refractivity contribution >= 4 is 44.8 Å². The van der Waals surface area contributed by atoms with Crippen molar-refractivity contribution in [2.45, 2.75) is 24.7 Å². The van der Waals surface area contributed by atoms with Crippen molar-refractivity contribution in [2.75, 3.05) is 11.3 Å². The first-order valence-electron chi connectivity index (χ1n) is 8.90. The SMILES string of the molecule is Cc1noc(CCCNC(=O)c2cccc(NS(=O)(=O)c3ccc(Cl)c(Cl)c3)c2)n1. The Hall–Kier alpha value is -2.62. The molecule has 8 nitrogen and oxygen atoms in total. The second-order valence-electron chi connectivity index (χ2n) is 6.36. The van der Waals surface area contributed by atoms with Gasteiger partial charge in [0.25, 0.3) is 15.9 Å². The molecule has 2 aromatic carbocycles. The number of carbonyl (C=O) groups excluding carboxylic acids is 1. The first-order valence-corrected chi connectivity index (χ1v) is 11.1. The number of anilines is 1. The summed E-state index contributed by atoms with van der Waals surface area (Å²) in [5.41, 5.74) is 0.563. The third kappa shape index (κ3) is 5.71. The first kappa shape index (κ1) is 22.1. The van der Waals surface area contributed by atoms with Crippen LogP contribution in [0.5, 0.6) is 0 Å².